The summed E-state index contributed by atoms with van der Waals surface area (Å²) in [6, 6.07) is 1.98. The third-order valence-electron chi connectivity index (χ3n) is 0.747. The van der Waals surface area contributed by atoms with Gasteiger partial charge in [0.1, 0.15) is 0 Å². The number of hydrogen-bond donors (Lipinski definition) is 1. The van der Waals surface area contributed by atoms with Crippen LogP contribution < -0.4 is 5.32 Å². The second kappa shape index (κ2) is 2.79. The van der Waals surface area contributed by atoms with E-state index in [0.717, 1.165) is 5.69 Å². The molecule has 0 radical (unpaired) electrons. The van der Waals surface area contributed by atoms with Crippen molar-refractivity contribution < 1.29 is 0 Å². The van der Waals surface area contributed by atoms with E-state index in [4.69, 9.17) is 0 Å². The highest BCUT2D eigenvalue weighted by Gasteiger charge is 1.82. The highest BCUT2D eigenvalue weighted by Crippen LogP contribution is 2.09. The Hall–Kier alpha value is -0.410. The van der Waals surface area contributed by atoms with E-state index >= 15 is 0 Å². The summed E-state index contributed by atoms with van der Waals surface area (Å²) in [6.07, 6.45) is 0. The maximum Gasteiger partial charge on any atom is 0.0659 e. The van der Waals surface area contributed by atoms with Crippen molar-refractivity contribution in [2.45, 2.75) is 0 Å². The van der Waals surface area contributed by atoms with Gasteiger partial charge < -0.3 is 5.32 Å². The smallest absolute Gasteiger partial charge is 0.0659 e. The van der Waals surface area contributed by atoms with E-state index in [1.165, 1.54) is 5.49 Å². The molecule has 0 saturated carbocycles. The molecule has 0 saturated heterocycles. The molecule has 0 bridgehead atoms. The fourth-order valence-electron chi connectivity index (χ4n) is 0.415. The topological polar surface area (TPSA) is 12.0 Å². The zero-order valence-electron chi connectivity index (χ0n) is 4.13. The fraction of sp³-hybridized carbons (Fsp3) is 0. The molecule has 0 aliphatic carbocycles. The Labute approximate surface area is 57.3 Å². The quantitative estimate of drug-likeness (QED) is 0.636. The van der Waals surface area contributed by atoms with Crippen molar-refractivity contribution in [2.75, 3.05) is 5.32 Å². The SMILES string of the molecule is S=CNc1ccsc1. The first-order valence-electron chi connectivity index (χ1n) is 2.16. The van der Waals surface area contributed by atoms with Gasteiger partial charge in [0.05, 0.1) is 5.49 Å². The lowest BCUT2D eigenvalue weighted by molar-refractivity contribution is 1.83. The summed E-state index contributed by atoms with van der Waals surface area (Å²) in [5.74, 6) is 0. The zero-order valence-corrected chi connectivity index (χ0v) is 5.76. The summed E-state index contributed by atoms with van der Waals surface area (Å²) in [7, 11) is 0. The van der Waals surface area contributed by atoms with Crippen LogP contribution in [0.2, 0.25) is 0 Å². The van der Waals surface area contributed by atoms with Crippen LogP contribution in [0.5, 0.6) is 0 Å². The number of rotatable bonds is 2. The molecule has 8 heavy (non-hydrogen) atoms. The van der Waals surface area contributed by atoms with Crippen molar-refractivity contribution in [1.29, 1.82) is 0 Å². The molecule has 1 aromatic heterocycles. The van der Waals surface area contributed by atoms with Gasteiger partial charge in [-0.1, -0.05) is 12.2 Å². The third-order valence-corrected chi connectivity index (χ3v) is 1.55. The minimum atomic E-state index is 1.07. The summed E-state index contributed by atoms with van der Waals surface area (Å²) in [5, 5.41) is 6.89. The van der Waals surface area contributed by atoms with Gasteiger partial charge in [-0.25, -0.2) is 0 Å². The van der Waals surface area contributed by atoms with E-state index in [1.807, 2.05) is 16.8 Å². The Balaban J connectivity index is 2.62. The predicted octanol–water partition coefficient (Wildman–Crippen LogP) is 2.12. The van der Waals surface area contributed by atoms with Gasteiger partial charge in [-0.05, 0) is 11.4 Å². The van der Waals surface area contributed by atoms with Crippen LogP contribution in [-0.4, -0.2) is 5.49 Å². The van der Waals surface area contributed by atoms with Crippen LogP contribution >= 0.6 is 23.6 Å². The van der Waals surface area contributed by atoms with Crippen molar-refractivity contribution in [3.05, 3.63) is 16.8 Å². The third kappa shape index (κ3) is 1.28. The van der Waals surface area contributed by atoms with E-state index in [0.29, 0.717) is 0 Å². The molecule has 1 N–H and O–H groups in total. The predicted molar refractivity (Wildman–Crippen MR) is 41.6 cm³/mol. The van der Waals surface area contributed by atoms with E-state index in [2.05, 4.69) is 17.5 Å². The normalized spacial score (nSPS) is 8.50. The maximum atomic E-state index is 4.57. The molecule has 1 heterocycles. The summed E-state index contributed by atoms with van der Waals surface area (Å²) < 4.78 is 0. The Morgan fingerprint density at radius 1 is 1.75 bits per heavy atom. The molecule has 42 valence electrons. The number of hydrogen-bond acceptors (Lipinski definition) is 2. The molecule has 0 spiro atoms. The number of thiophene rings is 1. The summed E-state index contributed by atoms with van der Waals surface area (Å²) in [5.41, 5.74) is 2.58. The van der Waals surface area contributed by atoms with Gasteiger partial charge in [0, 0.05) is 11.1 Å². The van der Waals surface area contributed by atoms with E-state index in [9.17, 15) is 0 Å². The number of anilines is 1. The molecular weight excluding hydrogens is 138 g/mol. The Kier molecular flexibility index (Phi) is 2.00. The van der Waals surface area contributed by atoms with Crippen LogP contribution in [0.15, 0.2) is 16.8 Å². The van der Waals surface area contributed by atoms with Crippen LogP contribution in [0.1, 0.15) is 0 Å². The molecule has 1 nitrogen and oxygen atoms in total. The van der Waals surface area contributed by atoms with Crippen LogP contribution in [0.3, 0.4) is 0 Å². The molecule has 3 heteroatoms. The number of thiocarbonyl (C=S) groups is 1. The van der Waals surface area contributed by atoms with Gasteiger partial charge >= 0.3 is 0 Å². The molecule has 0 aromatic carbocycles. The molecule has 0 unspecified atom stereocenters. The molecule has 0 aliphatic heterocycles. The largest absolute Gasteiger partial charge is 0.352 e. The summed E-state index contributed by atoms with van der Waals surface area (Å²) in [6.45, 7) is 0. The lowest BCUT2D eigenvalue weighted by atomic mass is 10.5. The van der Waals surface area contributed by atoms with Crippen LogP contribution in [0.4, 0.5) is 5.69 Å². The van der Waals surface area contributed by atoms with Crippen molar-refractivity contribution in [3.63, 3.8) is 0 Å². The van der Waals surface area contributed by atoms with Crippen LogP contribution in [0, 0.1) is 0 Å². The van der Waals surface area contributed by atoms with Crippen LogP contribution in [-0.2, 0) is 0 Å². The van der Waals surface area contributed by atoms with E-state index in [-0.39, 0.29) is 0 Å². The maximum absolute atomic E-state index is 4.57. The van der Waals surface area contributed by atoms with Crippen molar-refractivity contribution in [3.8, 4) is 0 Å². The lowest BCUT2D eigenvalue weighted by Gasteiger charge is -1.87. The first-order chi connectivity index (χ1) is 3.93. The van der Waals surface area contributed by atoms with Gasteiger partial charge in [0.15, 0.2) is 0 Å². The second-order valence-electron chi connectivity index (χ2n) is 1.27. The second-order valence-corrected chi connectivity index (χ2v) is 2.29. The Morgan fingerprint density at radius 2 is 2.62 bits per heavy atom. The Bertz CT molecular complexity index is 157. The minimum absolute atomic E-state index is 1.07. The minimum Gasteiger partial charge on any atom is -0.352 e. The molecular formula is C5H5NS2. The first kappa shape index (κ1) is 5.72. The number of nitrogens with one attached hydrogen (secondary N) is 1. The monoisotopic (exact) mass is 143 g/mol. The molecule has 1 aromatic rings. The average molecular weight is 143 g/mol. The van der Waals surface area contributed by atoms with E-state index < -0.39 is 0 Å². The first-order valence-corrected chi connectivity index (χ1v) is 3.57. The summed E-state index contributed by atoms with van der Waals surface area (Å²) >= 11 is 6.22. The fourth-order valence-corrected chi connectivity index (χ4v) is 1.15. The van der Waals surface area contributed by atoms with Crippen LogP contribution in [0.25, 0.3) is 0 Å². The van der Waals surface area contributed by atoms with E-state index in [1.54, 1.807) is 11.3 Å². The average Bonchev–Trinajstić information content (AvgIpc) is 2.19. The molecule has 0 amide bonds. The highest BCUT2D eigenvalue weighted by atomic mass is 32.1. The Morgan fingerprint density at radius 3 is 3.12 bits per heavy atom. The zero-order chi connectivity index (χ0) is 5.82. The van der Waals surface area contributed by atoms with Crippen molar-refractivity contribution in [1.82, 2.24) is 0 Å². The standard InChI is InChI=1S/C5H5NS2/c7-4-6-5-1-2-8-3-5/h1-4H,(H,6,7). The lowest BCUT2D eigenvalue weighted by Crippen LogP contribution is -1.87. The van der Waals surface area contributed by atoms with Crippen molar-refractivity contribution in [2.24, 2.45) is 0 Å². The molecule has 0 atom stereocenters. The van der Waals surface area contributed by atoms with Crippen molar-refractivity contribution >= 4 is 34.7 Å². The molecule has 0 aliphatic rings. The van der Waals surface area contributed by atoms with Gasteiger partial charge in [0.2, 0.25) is 0 Å². The van der Waals surface area contributed by atoms with Gasteiger partial charge in [-0.3, -0.25) is 0 Å². The van der Waals surface area contributed by atoms with Gasteiger partial charge in [-0.2, -0.15) is 11.3 Å². The van der Waals surface area contributed by atoms with Gasteiger partial charge in [-0.15, -0.1) is 0 Å². The highest BCUT2D eigenvalue weighted by molar-refractivity contribution is 7.79. The molecule has 1 rings (SSSR count). The molecule has 0 fully saturated rings. The summed E-state index contributed by atoms with van der Waals surface area (Å²) in [4.78, 5) is 0. The van der Waals surface area contributed by atoms with Gasteiger partial charge in [0.25, 0.3) is 0 Å².